The summed E-state index contributed by atoms with van der Waals surface area (Å²) in [7, 11) is 0. The van der Waals surface area contributed by atoms with Crippen LogP contribution in [-0.4, -0.2) is 12.1 Å². The van der Waals surface area contributed by atoms with E-state index in [1.54, 1.807) is 6.26 Å². The summed E-state index contributed by atoms with van der Waals surface area (Å²) in [5, 5.41) is 3.39. The van der Waals surface area contributed by atoms with Gasteiger partial charge >= 0.3 is 0 Å². The Morgan fingerprint density at radius 2 is 2.07 bits per heavy atom. The molecule has 1 aliphatic heterocycles. The molecule has 0 saturated carbocycles. The van der Waals surface area contributed by atoms with Crippen LogP contribution in [0.15, 0.2) is 22.8 Å². The molecule has 0 aromatic carbocycles. The lowest BCUT2D eigenvalue weighted by atomic mass is 10.1. The van der Waals surface area contributed by atoms with Gasteiger partial charge in [-0.25, -0.2) is 0 Å². The summed E-state index contributed by atoms with van der Waals surface area (Å²) in [5.41, 5.74) is -0.450. The van der Waals surface area contributed by atoms with E-state index in [0.717, 1.165) is 5.76 Å². The van der Waals surface area contributed by atoms with Gasteiger partial charge in [0.15, 0.2) is 5.72 Å². The molecule has 14 heavy (non-hydrogen) atoms. The monoisotopic (exact) mass is 217 g/mol. The minimum absolute atomic E-state index is 0. The number of hydrogen-bond donors (Lipinski definition) is 1. The summed E-state index contributed by atoms with van der Waals surface area (Å²) in [4.78, 5) is 0. The quantitative estimate of drug-likeness (QED) is 0.784. The molecule has 0 spiro atoms. The Morgan fingerprint density at radius 3 is 2.50 bits per heavy atom. The molecular weight excluding hydrogens is 202 g/mol. The van der Waals surface area contributed by atoms with Gasteiger partial charge in [0, 0.05) is 5.54 Å². The maximum absolute atomic E-state index is 5.70. The fourth-order valence-electron chi connectivity index (χ4n) is 1.73. The van der Waals surface area contributed by atoms with Crippen molar-refractivity contribution in [1.29, 1.82) is 0 Å². The third-order valence-corrected chi connectivity index (χ3v) is 2.29. The molecule has 1 aromatic rings. The predicted octanol–water partition coefficient (Wildman–Crippen LogP) is 2.27. The first kappa shape index (κ1) is 11.6. The van der Waals surface area contributed by atoms with Gasteiger partial charge in [-0.2, -0.15) is 0 Å². The highest BCUT2D eigenvalue weighted by Gasteiger charge is 2.43. The van der Waals surface area contributed by atoms with Crippen LogP contribution < -0.4 is 5.32 Å². The van der Waals surface area contributed by atoms with Gasteiger partial charge in [0.1, 0.15) is 5.76 Å². The minimum atomic E-state index is -0.465. The lowest BCUT2D eigenvalue weighted by Crippen LogP contribution is -2.44. The first-order valence-corrected chi connectivity index (χ1v) is 4.49. The maximum Gasteiger partial charge on any atom is 0.175 e. The molecule has 1 aliphatic rings. The normalized spacial score (nSPS) is 29.9. The van der Waals surface area contributed by atoms with Crippen molar-refractivity contribution in [2.45, 2.75) is 32.0 Å². The second-order valence-corrected chi connectivity index (χ2v) is 4.31. The zero-order valence-corrected chi connectivity index (χ0v) is 9.48. The molecule has 0 bridgehead atoms. The predicted molar refractivity (Wildman–Crippen MR) is 56.5 cm³/mol. The second kappa shape index (κ2) is 3.57. The van der Waals surface area contributed by atoms with Crippen LogP contribution in [0, 0.1) is 0 Å². The standard InChI is InChI=1S/C10H15NO2.ClH/c1-9(2)7-13-10(3,11-9)8-5-4-6-12-8;/h4-6,11H,7H2,1-3H3;1H. The van der Waals surface area contributed by atoms with E-state index in [4.69, 9.17) is 9.15 Å². The number of furan rings is 1. The number of ether oxygens (including phenoxy) is 1. The Labute approximate surface area is 90.2 Å². The molecule has 0 aliphatic carbocycles. The van der Waals surface area contributed by atoms with Gasteiger partial charge in [-0.3, -0.25) is 5.32 Å². The van der Waals surface area contributed by atoms with Gasteiger partial charge in [-0.1, -0.05) is 0 Å². The van der Waals surface area contributed by atoms with E-state index in [1.165, 1.54) is 0 Å². The Balaban J connectivity index is 0.000000980. The van der Waals surface area contributed by atoms with Crippen LogP contribution in [0.4, 0.5) is 0 Å². The molecule has 80 valence electrons. The number of hydrogen-bond acceptors (Lipinski definition) is 3. The first-order valence-electron chi connectivity index (χ1n) is 4.49. The molecule has 0 amide bonds. The van der Waals surface area contributed by atoms with E-state index in [9.17, 15) is 0 Å². The Morgan fingerprint density at radius 1 is 1.36 bits per heavy atom. The van der Waals surface area contributed by atoms with Gasteiger partial charge < -0.3 is 9.15 Å². The number of rotatable bonds is 1. The highest BCUT2D eigenvalue weighted by Crippen LogP contribution is 2.31. The van der Waals surface area contributed by atoms with Gasteiger partial charge in [0.05, 0.1) is 12.9 Å². The summed E-state index contributed by atoms with van der Waals surface area (Å²) < 4.78 is 11.0. The van der Waals surface area contributed by atoms with Crippen LogP contribution in [0.1, 0.15) is 26.5 Å². The fraction of sp³-hybridized carbons (Fsp3) is 0.600. The van der Waals surface area contributed by atoms with E-state index in [2.05, 4.69) is 19.2 Å². The molecule has 1 N–H and O–H groups in total. The third kappa shape index (κ3) is 1.95. The van der Waals surface area contributed by atoms with Crippen molar-refractivity contribution in [1.82, 2.24) is 5.32 Å². The molecule has 4 heteroatoms. The van der Waals surface area contributed by atoms with Crippen molar-refractivity contribution >= 4 is 12.4 Å². The van der Waals surface area contributed by atoms with Crippen molar-refractivity contribution in [2.24, 2.45) is 0 Å². The number of nitrogens with one attached hydrogen (secondary N) is 1. The SMILES string of the molecule is CC1(C)COC(C)(c2ccco2)N1.Cl. The highest BCUT2D eigenvalue weighted by atomic mass is 35.5. The van der Waals surface area contributed by atoms with Crippen LogP contribution in [-0.2, 0) is 10.5 Å². The van der Waals surface area contributed by atoms with Crippen LogP contribution in [0.25, 0.3) is 0 Å². The minimum Gasteiger partial charge on any atom is -0.465 e. The first-order chi connectivity index (χ1) is 6.02. The van der Waals surface area contributed by atoms with Crippen molar-refractivity contribution in [3.8, 4) is 0 Å². The average Bonchev–Trinajstić information content (AvgIpc) is 2.58. The highest BCUT2D eigenvalue weighted by molar-refractivity contribution is 5.85. The summed E-state index contributed by atoms with van der Waals surface area (Å²) >= 11 is 0. The van der Waals surface area contributed by atoms with Gasteiger partial charge in [0.2, 0.25) is 0 Å². The van der Waals surface area contributed by atoms with E-state index in [-0.39, 0.29) is 17.9 Å². The van der Waals surface area contributed by atoms with Crippen LogP contribution in [0.2, 0.25) is 0 Å². The van der Waals surface area contributed by atoms with E-state index >= 15 is 0 Å². The second-order valence-electron chi connectivity index (χ2n) is 4.31. The summed E-state index contributed by atoms with van der Waals surface area (Å²) in [6.45, 7) is 6.91. The van der Waals surface area contributed by atoms with Crippen molar-refractivity contribution in [3.05, 3.63) is 24.2 Å². The van der Waals surface area contributed by atoms with Crippen LogP contribution in [0.3, 0.4) is 0 Å². The molecular formula is C10H16ClNO2. The molecule has 2 rings (SSSR count). The largest absolute Gasteiger partial charge is 0.465 e. The van der Waals surface area contributed by atoms with E-state index in [1.807, 2.05) is 19.1 Å². The Kier molecular flexibility index (Phi) is 2.95. The van der Waals surface area contributed by atoms with Crippen molar-refractivity contribution < 1.29 is 9.15 Å². The Bertz CT molecular complexity index is 297. The molecule has 0 radical (unpaired) electrons. The topological polar surface area (TPSA) is 34.4 Å². The zero-order chi connectivity index (χ0) is 9.53. The van der Waals surface area contributed by atoms with Crippen molar-refractivity contribution in [2.75, 3.05) is 6.61 Å². The fourth-order valence-corrected chi connectivity index (χ4v) is 1.73. The third-order valence-electron chi connectivity index (χ3n) is 2.29. The smallest absolute Gasteiger partial charge is 0.175 e. The van der Waals surface area contributed by atoms with Crippen LogP contribution >= 0.6 is 12.4 Å². The summed E-state index contributed by atoms with van der Waals surface area (Å²) in [6, 6.07) is 3.80. The summed E-state index contributed by atoms with van der Waals surface area (Å²) in [5.74, 6) is 0.832. The molecule has 3 nitrogen and oxygen atoms in total. The molecule has 1 aromatic heterocycles. The van der Waals surface area contributed by atoms with Gasteiger partial charge in [-0.05, 0) is 32.9 Å². The van der Waals surface area contributed by atoms with Gasteiger partial charge in [0.25, 0.3) is 0 Å². The molecule has 1 saturated heterocycles. The molecule has 1 atom stereocenters. The average molecular weight is 218 g/mol. The molecule has 2 heterocycles. The molecule has 1 fully saturated rings. The number of halogens is 1. The van der Waals surface area contributed by atoms with E-state index in [0.29, 0.717) is 6.61 Å². The van der Waals surface area contributed by atoms with Gasteiger partial charge in [-0.15, -0.1) is 12.4 Å². The van der Waals surface area contributed by atoms with E-state index < -0.39 is 5.72 Å². The lowest BCUT2D eigenvalue weighted by molar-refractivity contribution is -0.0154. The Hall–Kier alpha value is -0.510. The van der Waals surface area contributed by atoms with Crippen LogP contribution in [0.5, 0.6) is 0 Å². The van der Waals surface area contributed by atoms with Crippen molar-refractivity contribution in [3.63, 3.8) is 0 Å². The maximum atomic E-state index is 5.70. The zero-order valence-electron chi connectivity index (χ0n) is 8.66. The summed E-state index contributed by atoms with van der Waals surface area (Å²) in [6.07, 6.45) is 1.66. The molecule has 1 unspecified atom stereocenters. The lowest BCUT2D eigenvalue weighted by Gasteiger charge is -2.24.